The van der Waals surface area contributed by atoms with Crippen molar-refractivity contribution in [1.29, 1.82) is 0 Å². The molecule has 1 aromatic carbocycles. The van der Waals surface area contributed by atoms with Crippen LogP contribution in [0.3, 0.4) is 0 Å². The molecule has 10 heteroatoms. The second-order valence-electron chi connectivity index (χ2n) is 7.26. The molecule has 10 nitrogen and oxygen atoms in total. The molecule has 0 unspecified atom stereocenters. The number of aromatic amines is 1. The third-order valence-electron chi connectivity index (χ3n) is 5.02. The first-order valence-corrected chi connectivity index (χ1v) is 9.77. The number of aromatic nitrogens is 3. The first-order valence-electron chi connectivity index (χ1n) is 9.77. The van der Waals surface area contributed by atoms with Crippen molar-refractivity contribution in [1.82, 2.24) is 25.6 Å². The first-order chi connectivity index (χ1) is 14.9. The van der Waals surface area contributed by atoms with E-state index in [9.17, 15) is 14.4 Å². The van der Waals surface area contributed by atoms with E-state index in [1.165, 1.54) is 7.11 Å². The summed E-state index contributed by atoms with van der Waals surface area (Å²) in [5, 5.41) is 8.65. The molecule has 3 heterocycles. The van der Waals surface area contributed by atoms with Gasteiger partial charge < -0.3 is 25.7 Å². The van der Waals surface area contributed by atoms with Crippen LogP contribution in [0, 0.1) is 6.92 Å². The number of nitrogens with zero attached hydrogens (tertiary/aromatic N) is 2. The molecular weight excluding hydrogens is 400 g/mol. The number of imidazole rings is 1. The van der Waals surface area contributed by atoms with Crippen molar-refractivity contribution >= 4 is 34.6 Å². The van der Waals surface area contributed by atoms with Gasteiger partial charge in [-0.25, -0.2) is 9.97 Å². The lowest BCUT2D eigenvalue weighted by atomic mass is 10.1. The second-order valence-corrected chi connectivity index (χ2v) is 7.26. The Morgan fingerprint density at radius 1 is 1.23 bits per heavy atom. The van der Waals surface area contributed by atoms with Crippen molar-refractivity contribution in [3.05, 3.63) is 53.0 Å². The molecule has 0 fully saturated rings. The zero-order valence-corrected chi connectivity index (χ0v) is 17.1. The van der Waals surface area contributed by atoms with Crippen molar-refractivity contribution in [3.8, 4) is 0 Å². The van der Waals surface area contributed by atoms with Crippen LogP contribution in [-0.4, -0.2) is 45.9 Å². The molecular formula is C21H22N6O4. The summed E-state index contributed by atoms with van der Waals surface area (Å²) in [6.07, 6.45) is -0.0874. The minimum atomic E-state index is -0.737. The van der Waals surface area contributed by atoms with Crippen LogP contribution in [0.4, 0.5) is 5.69 Å². The van der Waals surface area contributed by atoms with Crippen molar-refractivity contribution in [3.63, 3.8) is 0 Å². The molecule has 0 spiro atoms. The number of carbonyl (C=O) groups is 3. The number of aryl methyl sites for hydroxylation is 1. The Bertz CT molecular complexity index is 1170. The number of H-pyrrole nitrogens is 1. The summed E-state index contributed by atoms with van der Waals surface area (Å²) in [5.74, 6) is -0.450. The van der Waals surface area contributed by atoms with E-state index in [4.69, 9.17) is 0 Å². The maximum Gasteiger partial charge on any atom is 0.308 e. The van der Waals surface area contributed by atoms with E-state index in [0.717, 1.165) is 16.8 Å². The molecule has 4 rings (SSSR count). The lowest BCUT2D eigenvalue weighted by molar-refractivity contribution is -0.142. The normalized spacial score (nSPS) is 15.4. The first kappa shape index (κ1) is 20.3. The number of esters is 1. The number of pyridine rings is 1. The fourth-order valence-corrected chi connectivity index (χ4v) is 3.36. The van der Waals surface area contributed by atoms with Gasteiger partial charge in [0.25, 0.3) is 5.91 Å². The van der Waals surface area contributed by atoms with Crippen LogP contribution in [-0.2, 0) is 27.4 Å². The van der Waals surface area contributed by atoms with Gasteiger partial charge in [-0.05, 0) is 42.8 Å². The summed E-state index contributed by atoms with van der Waals surface area (Å²) >= 11 is 0. The van der Waals surface area contributed by atoms with Crippen LogP contribution >= 0.6 is 0 Å². The highest BCUT2D eigenvalue weighted by Crippen LogP contribution is 2.22. The van der Waals surface area contributed by atoms with Gasteiger partial charge in [0.15, 0.2) is 5.65 Å². The average molecular weight is 422 g/mol. The van der Waals surface area contributed by atoms with Crippen molar-refractivity contribution < 1.29 is 19.1 Å². The molecule has 0 radical (unpaired) electrons. The lowest BCUT2D eigenvalue weighted by Crippen LogP contribution is -2.38. The maximum absolute atomic E-state index is 12.6. The van der Waals surface area contributed by atoms with Gasteiger partial charge in [-0.2, -0.15) is 0 Å². The van der Waals surface area contributed by atoms with Crippen LogP contribution in [0.15, 0.2) is 30.3 Å². The molecule has 160 valence electrons. The molecule has 4 N–H and O–H groups in total. The fraction of sp³-hybridized carbons (Fsp3) is 0.286. The smallest absolute Gasteiger partial charge is 0.308 e. The zero-order chi connectivity index (χ0) is 22.0. The number of benzene rings is 1. The molecule has 0 saturated heterocycles. The molecule has 0 aliphatic carbocycles. The molecule has 2 amide bonds. The number of methoxy groups -OCH3 is 1. The molecule has 31 heavy (non-hydrogen) atoms. The number of nitrogens with one attached hydrogen (secondary N) is 4. The number of hydrogen-bond acceptors (Lipinski definition) is 7. The van der Waals surface area contributed by atoms with E-state index in [1.807, 2.05) is 19.1 Å². The van der Waals surface area contributed by atoms with E-state index in [1.54, 1.807) is 18.2 Å². The number of hydrogen-bond donors (Lipinski definition) is 4. The summed E-state index contributed by atoms with van der Waals surface area (Å²) in [7, 11) is 1.28. The topological polar surface area (TPSA) is 138 Å². The largest absolute Gasteiger partial charge is 0.469 e. The van der Waals surface area contributed by atoms with Crippen LogP contribution < -0.4 is 16.0 Å². The van der Waals surface area contributed by atoms with Gasteiger partial charge in [0.2, 0.25) is 5.91 Å². The Balaban J connectivity index is 1.44. The Morgan fingerprint density at radius 2 is 2.06 bits per heavy atom. The minimum absolute atomic E-state index is 0.0874. The van der Waals surface area contributed by atoms with Gasteiger partial charge in [-0.3, -0.25) is 14.4 Å². The van der Waals surface area contributed by atoms with Crippen molar-refractivity contribution in [2.45, 2.75) is 32.5 Å². The number of ether oxygens (including phenoxy) is 1. The third kappa shape index (κ3) is 4.47. The van der Waals surface area contributed by atoms with Gasteiger partial charge in [-0.1, -0.05) is 0 Å². The van der Waals surface area contributed by atoms with E-state index < -0.39 is 12.0 Å². The molecule has 0 bridgehead atoms. The zero-order valence-electron chi connectivity index (χ0n) is 17.1. The van der Waals surface area contributed by atoms with Crippen molar-refractivity contribution in [2.24, 2.45) is 0 Å². The highest BCUT2D eigenvalue weighted by molar-refractivity contribution is 5.95. The van der Waals surface area contributed by atoms with E-state index in [-0.39, 0.29) is 31.3 Å². The lowest BCUT2D eigenvalue weighted by Gasteiger charge is -2.15. The average Bonchev–Trinajstić information content (AvgIpc) is 3.10. The number of rotatable bonds is 5. The van der Waals surface area contributed by atoms with Crippen LogP contribution in [0.2, 0.25) is 0 Å². The number of carbonyl (C=O) groups excluding carboxylic acids is 3. The summed E-state index contributed by atoms with van der Waals surface area (Å²) in [6, 6.07) is 8.15. The van der Waals surface area contributed by atoms with Gasteiger partial charge in [0, 0.05) is 23.5 Å². The molecule has 3 aromatic rings. The Morgan fingerprint density at radius 3 is 2.87 bits per heavy atom. The maximum atomic E-state index is 12.6. The monoisotopic (exact) mass is 422 g/mol. The van der Waals surface area contributed by atoms with Gasteiger partial charge in [-0.15, -0.1) is 0 Å². The van der Waals surface area contributed by atoms with Crippen LogP contribution in [0.25, 0.3) is 11.2 Å². The van der Waals surface area contributed by atoms with Crippen molar-refractivity contribution in [2.75, 3.05) is 12.4 Å². The van der Waals surface area contributed by atoms with E-state index in [2.05, 4.69) is 35.6 Å². The summed E-state index contributed by atoms with van der Waals surface area (Å²) < 4.78 is 4.65. The fourth-order valence-electron chi connectivity index (χ4n) is 3.36. The van der Waals surface area contributed by atoms with E-state index in [0.29, 0.717) is 22.7 Å². The minimum Gasteiger partial charge on any atom is -0.469 e. The molecule has 1 aliphatic rings. The quantitative estimate of drug-likeness (QED) is 0.453. The highest BCUT2D eigenvalue weighted by atomic mass is 16.5. The molecule has 1 atom stereocenters. The van der Waals surface area contributed by atoms with Gasteiger partial charge in [0.1, 0.15) is 11.9 Å². The summed E-state index contributed by atoms with van der Waals surface area (Å²) in [4.78, 5) is 48.3. The van der Waals surface area contributed by atoms with Crippen LogP contribution in [0.5, 0.6) is 0 Å². The Labute approximate surface area is 177 Å². The Kier molecular flexibility index (Phi) is 5.52. The van der Waals surface area contributed by atoms with E-state index >= 15 is 0 Å². The highest BCUT2D eigenvalue weighted by Gasteiger charge is 2.26. The summed E-state index contributed by atoms with van der Waals surface area (Å²) in [6.45, 7) is 2.36. The van der Waals surface area contributed by atoms with Crippen LogP contribution in [0.1, 0.15) is 33.9 Å². The molecule has 2 aromatic heterocycles. The second kappa shape index (κ2) is 8.42. The number of fused-ring (bicyclic) bond motifs is 2. The molecule has 0 saturated carbocycles. The van der Waals surface area contributed by atoms with Gasteiger partial charge in [0.05, 0.1) is 25.6 Å². The number of amides is 2. The Hall–Kier alpha value is -3.95. The molecule has 1 aliphatic heterocycles. The van der Waals surface area contributed by atoms with Gasteiger partial charge >= 0.3 is 5.97 Å². The third-order valence-corrected chi connectivity index (χ3v) is 5.02. The standard InChI is InChI=1S/C21H22N6O4/c1-11-3-5-15-19(24-11)27-17(26-15)10-23-20(29)12-4-6-14-13(7-12)9-22-21(30)16(25-14)8-18(28)31-2/h3-7,16,25H,8-10H2,1-2H3,(H,22,30)(H,23,29)(H,24,26,27)/t16-/m0/s1. The predicted molar refractivity (Wildman–Crippen MR) is 112 cm³/mol. The number of anilines is 1. The predicted octanol–water partition coefficient (Wildman–Crippen LogP) is 1.17. The SMILES string of the molecule is COC(=O)C[C@@H]1Nc2ccc(C(=O)NCc3nc4nc(C)ccc4[nH]3)cc2CNC1=O. The summed E-state index contributed by atoms with van der Waals surface area (Å²) in [5.41, 5.74) is 4.17.